The van der Waals surface area contributed by atoms with Crippen LogP contribution in [0.4, 0.5) is 0 Å². The summed E-state index contributed by atoms with van der Waals surface area (Å²) in [6.45, 7) is 6.65. The predicted molar refractivity (Wildman–Crippen MR) is 91.4 cm³/mol. The fourth-order valence-electron chi connectivity index (χ4n) is 2.09. The van der Waals surface area contributed by atoms with Crippen LogP contribution in [0.3, 0.4) is 0 Å². The molecular weight excluding hydrogens is 312 g/mol. The second-order valence-corrected chi connectivity index (χ2v) is 6.18. The van der Waals surface area contributed by atoms with E-state index in [1.165, 1.54) is 11.8 Å². The summed E-state index contributed by atoms with van der Waals surface area (Å²) in [5.41, 5.74) is 0.637. The summed E-state index contributed by atoms with van der Waals surface area (Å²) in [5, 5.41) is 21.9. The maximum absolute atomic E-state index is 11.9. The van der Waals surface area contributed by atoms with Gasteiger partial charge >= 0.3 is 0 Å². The van der Waals surface area contributed by atoms with Crippen LogP contribution in [0.1, 0.15) is 27.2 Å². The number of nitrogens with one attached hydrogen (secondary N) is 1. The van der Waals surface area contributed by atoms with Gasteiger partial charge in [-0.2, -0.15) is 0 Å². The van der Waals surface area contributed by atoms with Crippen molar-refractivity contribution in [3.8, 4) is 17.1 Å². The number of nitrogens with zero attached hydrogens (tertiary/aromatic N) is 3. The van der Waals surface area contributed by atoms with Gasteiger partial charge in [0.15, 0.2) is 11.0 Å². The molecule has 2 aromatic rings. The Balaban J connectivity index is 2.13. The number of para-hydroxylation sites is 1. The van der Waals surface area contributed by atoms with E-state index in [0.717, 1.165) is 6.42 Å². The van der Waals surface area contributed by atoms with Gasteiger partial charge in [-0.3, -0.25) is 4.79 Å². The highest BCUT2D eigenvalue weighted by Crippen LogP contribution is 2.29. The lowest BCUT2D eigenvalue weighted by Crippen LogP contribution is -2.33. The van der Waals surface area contributed by atoms with Crippen molar-refractivity contribution in [3.05, 3.63) is 24.3 Å². The Morgan fingerprint density at radius 3 is 2.74 bits per heavy atom. The van der Waals surface area contributed by atoms with E-state index in [1.54, 1.807) is 18.2 Å². The molecule has 1 aromatic heterocycles. The Hall–Kier alpha value is -2.02. The summed E-state index contributed by atoms with van der Waals surface area (Å²) < 4.78 is 1.90. The fraction of sp³-hybridized carbons (Fsp3) is 0.438. The zero-order valence-electron chi connectivity index (χ0n) is 13.6. The van der Waals surface area contributed by atoms with Gasteiger partial charge in [-0.05, 0) is 32.4 Å². The third-order valence-electron chi connectivity index (χ3n) is 3.53. The summed E-state index contributed by atoms with van der Waals surface area (Å²) in [5.74, 6) is 1.05. The lowest BCUT2D eigenvalue weighted by Gasteiger charge is -2.11. The molecule has 23 heavy (non-hydrogen) atoms. The molecule has 0 aliphatic carbocycles. The third kappa shape index (κ3) is 4.25. The molecule has 0 saturated carbocycles. The van der Waals surface area contributed by atoms with Gasteiger partial charge in [-0.15, -0.1) is 10.2 Å². The van der Waals surface area contributed by atoms with Crippen LogP contribution in [-0.2, 0) is 11.3 Å². The lowest BCUT2D eigenvalue weighted by molar-refractivity contribution is -0.119. The van der Waals surface area contributed by atoms with Gasteiger partial charge in [-0.25, -0.2) is 0 Å². The number of rotatable bonds is 7. The summed E-state index contributed by atoms with van der Waals surface area (Å²) >= 11 is 1.35. The van der Waals surface area contributed by atoms with E-state index in [1.807, 2.05) is 31.4 Å². The summed E-state index contributed by atoms with van der Waals surface area (Å²) in [6.07, 6.45) is 0.902. The topological polar surface area (TPSA) is 80.0 Å². The van der Waals surface area contributed by atoms with E-state index in [0.29, 0.717) is 28.8 Å². The zero-order valence-corrected chi connectivity index (χ0v) is 14.4. The number of benzene rings is 1. The minimum atomic E-state index is -0.0147. The average Bonchev–Trinajstić information content (AvgIpc) is 2.95. The summed E-state index contributed by atoms with van der Waals surface area (Å²) in [6, 6.07) is 7.20. The Labute approximate surface area is 140 Å². The molecule has 0 saturated heterocycles. The van der Waals surface area contributed by atoms with Crippen LogP contribution in [0.25, 0.3) is 11.4 Å². The lowest BCUT2D eigenvalue weighted by atomic mass is 10.2. The molecule has 0 unspecified atom stereocenters. The van der Waals surface area contributed by atoms with Crippen molar-refractivity contribution in [3.63, 3.8) is 0 Å². The highest BCUT2D eigenvalue weighted by Gasteiger charge is 2.16. The largest absolute Gasteiger partial charge is 0.507 e. The number of hydrogen-bond donors (Lipinski definition) is 2. The third-order valence-corrected chi connectivity index (χ3v) is 4.50. The molecule has 0 bridgehead atoms. The molecule has 124 valence electrons. The Morgan fingerprint density at radius 1 is 1.35 bits per heavy atom. The minimum absolute atomic E-state index is 0.0147. The molecule has 2 N–H and O–H groups in total. The maximum atomic E-state index is 11.9. The van der Waals surface area contributed by atoms with Crippen LogP contribution in [0.2, 0.25) is 0 Å². The first-order valence-corrected chi connectivity index (χ1v) is 8.69. The number of aromatic hydroxyl groups is 1. The normalized spacial score (nSPS) is 12.1. The Kier molecular flexibility index (Phi) is 6.04. The molecule has 1 aromatic carbocycles. The minimum Gasteiger partial charge on any atom is -0.507 e. The van der Waals surface area contributed by atoms with Gasteiger partial charge in [0, 0.05) is 12.6 Å². The number of phenolic OH excluding ortho intramolecular Hbond substituents is 1. The van der Waals surface area contributed by atoms with E-state index in [9.17, 15) is 9.90 Å². The van der Waals surface area contributed by atoms with Gasteiger partial charge < -0.3 is 15.0 Å². The molecule has 0 fully saturated rings. The molecule has 0 spiro atoms. The summed E-state index contributed by atoms with van der Waals surface area (Å²) in [4.78, 5) is 11.9. The Morgan fingerprint density at radius 2 is 2.09 bits per heavy atom. The number of carbonyl (C=O) groups excluding carboxylic acids is 1. The van der Waals surface area contributed by atoms with Crippen molar-refractivity contribution in [2.45, 2.75) is 44.9 Å². The number of carbonyl (C=O) groups is 1. The van der Waals surface area contributed by atoms with Crippen LogP contribution in [0, 0.1) is 0 Å². The summed E-state index contributed by atoms with van der Waals surface area (Å²) in [7, 11) is 0. The van der Waals surface area contributed by atoms with E-state index in [4.69, 9.17) is 0 Å². The molecule has 7 heteroatoms. The van der Waals surface area contributed by atoms with Gasteiger partial charge in [0.05, 0.1) is 11.3 Å². The van der Waals surface area contributed by atoms with Gasteiger partial charge in [-0.1, -0.05) is 30.8 Å². The number of phenols is 1. The van der Waals surface area contributed by atoms with E-state index < -0.39 is 0 Å². The molecule has 0 aliphatic heterocycles. The standard InChI is InChI=1S/C16H22N4O2S/c1-4-11(3)17-14(22)10-23-16-19-18-15(20(16)5-2)12-8-6-7-9-13(12)21/h6-9,11,21H,4-5,10H2,1-3H3,(H,17,22)/t11-/m0/s1. The van der Waals surface area contributed by atoms with Crippen LogP contribution in [0.15, 0.2) is 29.4 Å². The highest BCUT2D eigenvalue weighted by molar-refractivity contribution is 7.99. The zero-order chi connectivity index (χ0) is 16.8. The number of hydrogen-bond acceptors (Lipinski definition) is 5. The second-order valence-electron chi connectivity index (χ2n) is 5.23. The molecule has 6 nitrogen and oxygen atoms in total. The van der Waals surface area contributed by atoms with Crippen molar-refractivity contribution in [2.75, 3.05) is 5.75 Å². The fourth-order valence-corrected chi connectivity index (χ4v) is 2.90. The average molecular weight is 334 g/mol. The quantitative estimate of drug-likeness (QED) is 0.761. The van der Waals surface area contributed by atoms with Gasteiger partial charge in [0.25, 0.3) is 0 Å². The second kappa shape index (κ2) is 8.01. The highest BCUT2D eigenvalue weighted by atomic mass is 32.2. The first kappa shape index (κ1) is 17.3. The van der Waals surface area contributed by atoms with Crippen LogP contribution < -0.4 is 5.32 Å². The SMILES string of the molecule is CC[C@H](C)NC(=O)CSc1nnc(-c2ccccc2O)n1CC. The Bertz CT molecular complexity index is 672. The van der Waals surface area contributed by atoms with Crippen molar-refractivity contribution in [1.29, 1.82) is 0 Å². The van der Waals surface area contributed by atoms with Crippen molar-refractivity contribution in [1.82, 2.24) is 20.1 Å². The van der Waals surface area contributed by atoms with E-state index in [2.05, 4.69) is 15.5 Å². The van der Waals surface area contributed by atoms with E-state index >= 15 is 0 Å². The number of amides is 1. The molecule has 1 atom stereocenters. The van der Waals surface area contributed by atoms with Crippen LogP contribution >= 0.6 is 11.8 Å². The molecular formula is C16H22N4O2S. The molecule has 1 heterocycles. The van der Waals surface area contributed by atoms with Gasteiger partial charge in [0.1, 0.15) is 5.75 Å². The van der Waals surface area contributed by atoms with E-state index in [-0.39, 0.29) is 17.7 Å². The molecule has 2 rings (SSSR count). The first-order valence-electron chi connectivity index (χ1n) is 7.70. The number of aromatic nitrogens is 3. The monoisotopic (exact) mass is 334 g/mol. The number of thioether (sulfide) groups is 1. The van der Waals surface area contributed by atoms with Crippen molar-refractivity contribution in [2.24, 2.45) is 0 Å². The van der Waals surface area contributed by atoms with Crippen LogP contribution in [-0.4, -0.2) is 37.6 Å². The smallest absolute Gasteiger partial charge is 0.230 e. The van der Waals surface area contributed by atoms with Crippen LogP contribution in [0.5, 0.6) is 5.75 Å². The van der Waals surface area contributed by atoms with Crippen molar-refractivity contribution < 1.29 is 9.90 Å². The maximum Gasteiger partial charge on any atom is 0.230 e. The molecule has 0 radical (unpaired) electrons. The predicted octanol–water partition coefficient (Wildman–Crippen LogP) is 2.68. The first-order chi connectivity index (χ1) is 11.1. The van der Waals surface area contributed by atoms with Gasteiger partial charge in [0.2, 0.25) is 5.91 Å². The molecule has 1 amide bonds. The van der Waals surface area contributed by atoms with Crippen molar-refractivity contribution >= 4 is 17.7 Å². The molecule has 0 aliphatic rings.